The second-order valence-electron chi connectivity index (χ2n) is 17.3. The van der Waals surface area contributed by atoms with Gasteiger partial charge in [-0.15, -0.1) is 0 Å². The Balaban J connectivity index is 1.08. The van der Waals surface area contributed by atoms with Crippen molar-refractivity contribution in [2.75, 3.05) is 4.90 Å². The van der Waals surface area contributed by atoms with Crippen LogP contribution in [0.25, 0.3) is 60.9 Å². The van der Waals surface area contributed by atoms with Crippen LogP contribution in [0.4, 0.5) is 17.1 Å². The monoisotopic (exact) mass is 748 g/mol. The summed E-state index contributed by atoms with van der Waals surface area (Å²) in [5.74, 6) is 0. The molecule has 0 amide bonds. The predicted octanol–water partition coefficient (Wildman–Crippen LogP) is 15.6. The van der Waals surface area contributed by atoms with E-state index in [0.29, 0.717) is 0 Å². The molecular formula is C56H48N2. The van der Waals surface area contributed by atoms with E-state index in [1.165, 1.54) is 79.2 Å². The Morgan fingerprint density at radius 2 is 0.810 bits per heavy atom. The van der Waals surface area contributed by atoms with Gasteiger partial charge in [0.25, 0.3) is 0 Å². The summed E-state index contributed by atoms with van der Waals surface area (Å²) < 4.78 is 2.44. The van der Waals surface area contributed by atoms with E-state index in [-0.39, 0.29) is 10.8 Å². The highest BCUT2D eigenvalue weighted by Crippen LogP contribution is 2.47. The minimum absolute atomic E-state index is 0.170. The van der Waals surface area contributed by atoms with E-state index in [1.807, 2.05) is 0 Å². The molecule has 1 aliphatic carbocycles. The number of para-hydroxylation sites is 1. The maximum Gasteiger partial charge on any atom is 0.0561 e. The quantitative estimate of drug-likeness (QED) is 0.158. The first-order chi connectivity index (χ1) is 28.2. The topological polar surface area (TPSA) is 8.17 Å². The Kier molecular flexibility index (Phi) is 8.68. The van der Waals surface area contributed by atoms with Crippen LogP contribution in [0, 0.1) is 0 Å². The second kappa shape index (κ2) is 14.1. The van der Waals surface area contributed by atoms with Crippen LogP contribution in [-0.2, 0) is 10.8 Å². The predicted molar refractivity (Wildman–Crippen MR) is 247 cm³/mol. The fourth-order valence-corrected chi connectivity index (χ4v) is 9.26. The van der Waals surface area contributed by atoms with E-state index in [2.05, 4.69) is 231 Å². The molecule has 0 atom stereocenters. The summed E-state index contributed by atoms with van der Waals surface area (Å²) in [5.41, 5.74) is 17.6. The van der Waals surface area contributed by atoms with Gasteiger partial charge in [-0.1, -0.05) is 167 Å². The lowest BCUT2D eigenvalue weighted by Gasteiger charge is -2.42. The van der Waals surface area contributed by atoms with Gasteiger partial charge >= 0.3 is 0 Å². The van der Waals surface area contributed by atoms with Gasteiger partial charge in [0.1, 0.15) is 0 Å². The van der Waals surface area contributed by atoms with Crippen molar-refractivity contribution in [2.45, 2.75) is 51.4 Å². The maximum absolute atomic E-state index is 2.46. The summed E-state index contributed by atoms with van der Waals surface area (Å²) in [7, 11) is 0. The van der Waals surface area contributed by atoms with Crippen LogP contribution in [-0.4, -0.2) is 4.57 Å². The van der Waals surface area contributed by atoms with Gasteiger partial charge in [0.15, 0.2) is 0 Å². The third-order valence-electron chi connectivity index (χ3n) is 12.7. The van der Waals surface area contributed by atoms with Gasteiger partial charge in [-0.25, -0.2) is 0 Å². The molecule has 0 unspecified atom stereocenters. The molecule has 0 saturated carbocycles. The van der Waals surface area contributed by atoms with Crippen LogP contribution in [0.5, 0.6) is 0 Å². The smallest absolute Gasteiger partial charge is 0.0561 e. The summed E-state index contributed by atoms with van der Waals surface area (Å²) in [6, 6.07) is 71.3. The first-order valence-corrected chi connectivity index (χ1v) is 20.6. The lowest BCUT2D eigenvalue weighted by atomic mass is 9.63. The molecule has 0 radical (unpaired) electrons. The van der Waals surface area contributed by atoms with E-state index in [9.17, 15) is 0 Å². The number of nitrogens with zero attached hydrogens (tertiary/aromatic N) is 2. The largest absolute Gasteiger partial charge is 0.310 e. The molecule has 58 heavy (non-hydrogen) atoms. The van der Waals surface area contributed by atoms with Gasteiger partial charge < -0.3 is 9.47 Å². The molecule has 0 saturated heterocycles. The summed E-state index contributed by atoms with van der Waals surface area (Å²) in [6.07, 6.45) is 2.43. The second-order valence-corrected chi connectivity index (χ2v) is 17.3. The van der Waals surface area contributed by atoms with E-state index in [1.54, 1.807) is 0 Å². The Labute approximate surface area is 342 Å². The van der Waals surface area contributed by atoms with E-state index < -0.39 is 0 Å². The van der Waals surface area contributed by atoms with Crippen molar-refractivity contribution in [3.05, 3.63) is 205 Å². The van der Waals surface area contributed by atoms with E-state index in [4.69, 9.17) is 0 Å². The van der Waals surface area contributed by atoms with Crippen LogP contribution < -0.4 is 4.90 Å². The highest BCUT2D eigenvalue weighted by atomic mass is 15.1. The molecule has 0 bridgehead atoms. The van der Waals surface area contributed by atoms with Gasteiger partial charge in [0.05, 0.1) is 11.0 Å². The van der Waals surface area contributed by atoms with Crippen molar-refractivity contribution >= 4 is 38.9 Å². The van der Waals surface area contributed by atoms with Crippen LogP contribution in [0.2, 0.25) is 0 Å². The average Bonchev–Trinajstić information content (AvgIpc) is 3.60. The highest BCUT2D eigenvalue weighted by molar-refractivity contribution is 6.10. The molecule has 0 aliphatic heterocycles. The van der Waals surface area contributed by atoms with E-state index in [0.717, 1.165) is 22.7 Å². The van der Waals surface area contributed by atoms with Crippen molar-refractivity contribution in [3.63, 3.8) is 0 Å². The molecule has 1 aromatic heterocycles. The summed E-state index contributed by atoms with van der Waals surface area (Å²) >= 11 is 0. The molecule has 0 fully saturated rings. The fourth-order valence-electron chi connectivity index (χ4n) is 9.26. The zero-order valence-electron chi connectivity index (χ0n) is 33.8. The molecule has 0 spiro atoms. The zero-order valence-corrected chi connectivity index (χ0v) is 33.8. The first-order valence-electron chi connectivity index (χ1n) is 20.6. The third-order valence-corrected chi connectivity index (χ3v) is 12.7. The third kappa shape index (κ3) is 6.30. The molecular weight excluding hydrogens is 701 g/mol. The maximum atomic E-state index is 2.46. The Bertz CT molecular complexity index is 2810. The SMILES string of the molecule is CC1(C)CCC(C)(C)c2cc(-c3ccc(-n4c5ccccc5c5ccc(N(c6ccc(-c7ccccc7)cc6)c6ccc(-c7ccccc7)cc6)cc54)cc3)ccc21. The Morgan fingerprint density at radius 1 is 0.362 bits per heavy atom. The number of rotatable bonds is 7. The molecule has 2 heteroatoms. The first kappa shape index (κ1) is 35.8. The minimum Gasteiger partial charge on any atom is -0.310 e. The lowest BCUT2D eigenvalue weighted by Crippen LogP contribution is -2.33. The number of fused-ring (bicyclic) bond motifs is 4. The summed E-state index contributed by atoms with van der Waals surface area (Å²) in [4.78, 5) is 2.38. The van der Waals surface area contributed by atoms with E-state index >= 15 is 0 Å². The minimum atomic E-state index is 0.170. The zero-order chi connectivity index (χ0) is 39.4. The average molecular weight is 749 g/mol. The number of hydrogen-bond donors (Lipinski definition) is 0. The van der Waals surface area contributed by atoms with Gasteiger partial charge in [-0.3, -0.25) is 0 Å². The van der Waals surface area contributed by atoms with Crippen LogP contribution in [0.1, 0.15) is 51.7 Å². The van der Waals surface area contributed by atoms with Crippen molar-refractivity contribution in [2.24, 2.45) is 0 Å². The molecule has 10 rings (SSSR count). The van der Waals surface area contributed by atoms with Gasteiger partial charge in [0.2, 0.25) is 0 Å². The van der Waals surface area contributed by atoms with Gasteiger partial charge in [-0.05, 0) is 123 Å². The molecule has 8 aromatic carbocycles. The number of benzene rings is 8. The number of anilines is 3. The van der Waals surface area contributed by atoms with Crippen molar-refractivity contribution in [1.82, 2.24) is 4.57 Å². The van der Waals surface area contributed by atoms with Crippen molar-refractivity contribution < 1.29 is 0 Å². The highest BCUT2D eigenvalue weighted by Gasteiger charge is 2.37. The molecule has 2 nitrogen and oxygen atoms in total. The van der Waals surface area contributed by atoms with Crippen LogP contribution in [0.15, 0.2) is 194 Å². The molecule has 9 aromatic rings. The van der Waals surface area contributed by atoms with Crippen molar-refractivity contribution in [3.8, 4) is 39.1 Å². The van der Waals surface area contributed by atoms with Gasteiger partial charge in [0, 0.05) is 33.5 Å². The normalized spacial score (nSPS) is 14.3. The summed E-state index contributed by atoms with van der Waals surface area (Å²) in [6.45, 7) is 9.61. The number of aromatic nitrogens is 1. The Hall–Kier alpha value is -6.64. The van der Waals surface area contributed by atoms with Crippen LogP contribution in [0.3, 0.4) is 0 Å². The molecule has 1 aliphatic rings. The summed E-state index contributed by atoms with van der Waals surface area (Å²) in [5, 5.41) is 2.49. The van der Waals surface area contributed by atoms with Crippen LogP contribution >= 0.6 is 0 Å². The fraction of sp³-hybridized carbons (Fsp3) is 0.143. The lowest BCUT2D eigenvalue weighted by molar-refractivity contribution is 0.332. The number of hydrogen-bond acceptors (Lipinski definition) is 1. The van der Waals surface area contributed by atoms with Crippen molar-refractivity contribution in [1.29, 1.82) is 0 Å². The van der Waals surface area contributed by atoms with Gasteiger partial charge in [-0.2, -0.15) is 0 Å². The Morgan fingerprint density at radius 3 is 1.41 bits per heavy atom. The molecule has 0 N–H and O–H groups in total. The molecule has 1 heterocycles. The molecule has 282 valence electrons. The standard InChI is InChI=1S/C56H48N2/c1-55(2)35-36-56(3,4)52-37-44(25-34-51(52)55)43-23-30-47(31-24-43)58-53-18-12-11-17-49(53)50-33-32-48(38-54(50)58)57(45-26-19-41(20-27-45)39-13-7-5-8-14-39)46-28-21-42(22-29-46)40-15-9-6-10-16-40/h5-34,37-38H,35-36H2,1-4H3.